The molecule has 0 N–H and O–H groups in total. The van der Waals surface area contributed by atoms with E-state index in [2.05, 4.69) is 5.10 Å². The van der Waals surface area contributed by atoms with Crippen molar-refractivity contribution in [2.24, 2.45) is 7.05 Å². The van der Waals surface area contributed by atoms with Gasteiger partial charge in [-0.05, 0) is 49.5 Å². The summed E-state index contributed by atoms with van der Waals surface area (Å²) in [5.74, 6) is -0.714. The Morgan fingerprint density at radius 2 is 2.08 bits per heavy atom. The van der Waals surface area contributed by atoms with E-state index in [1.54, 1.807) is 37.1 Å². The average Bonchev–Trinajstić information content (AvgIpc) is 3.19. The minimum absolute atomic E-state index is 0.173. The summed E-state index contributed by atoms with van der Waals surface area (Å²) in [4.78, 5) is 24.3. The van der Waals surface area contributed by atoms with Crippen LogP contribution in [0.15, 0.2) is 36.7 Å². The third kappa shape index (κ3) is 3.62. The highest BCUT2D eigenvalue weighted by Gasteiger charge is 2.20. The minimum Gasteiger partial charge on any atom is -0.451 e. The van der Waals surface area contributed by atoms with Gasteiger partial charge in [0, 0.05) is 30.4 Å². The van der Waals surface area contributed by atoms with Crippen molar-refractivity contribution in [3.8, 4) is 0 Å². The lowest BCUT2D eigenvalue weighted by Crippen LogP contribution is -2.23. The summed E-state index contributed by atoms with van der Waals surface area (Å²) in [5, 5.41) is 4.01. The molecule has 0 radical (unpaired) electrons. The molecule has 1 aromatic heterocycles. The molecule has 3 rings (SSSR count). The van der Waals surface area contributed by atoms with E-state index in [1.807, 2.05) is 18.2 Å². The number of aromatic nitrogens is 2. The van der Waals surface area contributed by atoms with Gasteiger partial charge >= 0.3 is 5.97 Å². The van der Waals surface area contributed by atoms with Crippen LogP contribution in [0.3, 0.4) is 0 Å². The maximum atomic E-state index is 12.4. The average molecular weight is 324 g/mol. The quantitative estimate of drug-likeness (QED) is 0.482. The second-order valence-electron chi connectivity index (χ2n) is 6.06. The molecule has 1 heterocycles. The highest BCUT2D eigenvalue weighted by atomic mass is 16.5. The van der Waals surface area contributed by atoms with Crippen molar-refractivity contribution in [3.05, 3.63) is 58.9 Å². The summed E-state index contributed by atoms with van der Waals surface area (Å²) in [6.45, 7) is 1.60. The van der Waals surface area contributed by atoms with Gasteiger partial charge in [-0.25, -0.2) is 4.79 Å². The molecule has 1 aliphatic carbocycles. The molecule has 24 heavy (non-hydrogen) atoms. The molecule has 0 unspecified atom stereocenters. The Balaban J connectivity index is 1.61. The molecular weight excluding hydrogens is 304 g/mol. The van der Waals surface area contributed by atoms with Crippen LogP contribution in [0.1, 0.15) is 40.4 Å². The maximum absolute atomic E-state index is 12.4. The molecule has 5 heteroatoms. The van der Waals surface area contributed by atoms with E-state index in [1.165, 1.54) is 17.2 Å². The lowest BCUT2D eigenvalue weighted by atomic mass is 10.0. The number of carbonyl (C=O) groups is 2. The first-order chi connectivity index (χ1) is 11.5. The molecule has 0 bridgehead atoms. The molecule has 0 spiro atoms. The van der Waals surface area contributed by atoms with Crippen molar-refractivity contribution in [2.75, 3.05) is 0 Å². The summed E-state index contributed by atoms with van der Waals surface area (Å²) in [6.07, 6.45) is 8.76. The molecule has 0 saturated heterocycles. The molecule has 1 atom stereocenters. The number of carbonyl (C=O) groups excluding carboxylic acids is 2. The van der Waals surface area contributed by atoms with Gasteiger partial charge in [0.2, 0.25) is 5.78 Å². The van der Waals surface area contributed by atoms with Crippen LogP contribution in [-0.2, 0) is 29.4 Å². The Morgan fingerprint density at radius 3 is 2.83 bits per heavy atom. The van der Waals surface area contributed by atoms with E-state index < -0.39 is 12.1 Å². The van der Waals surface area contributed by atoms with Crippen LogP contribution < -0.4 is 0 Å². The number of benzene rings is 1. The molecule has 0 aliphatic heterocycles. The lowest BCUT2D eigenvalue weighted by Gasteiger charge is -2.11. The second kappa shape index (κ2) is 6.83. The number of aryl methyl sites for hydroxylation is 3. The molecule has 0 saturated carbocycles. The zero-order valence-electron chi connectivity index (χ0n) is 13.9. The minimum atomic E-state index is -0.810. The van der Waals surface area contributed by atoms with Gasteiger partial charge < -0.3 is 4.74 Å². The Hall–Kier alpha value is -2.69. The first-order valence-electron chi connectivity index (χ1n) is 8.06. The normalized spacial score (nSPS) is 14.6. The molecular formula is C19H20N2O3. The predicted octanol–water partition coefficient (Wildman–Crippen LogP) is 2.74. The molecule has 0 amide bonds. The van der Waals surface area contributed by atoms with E-state index in [4.69, 9.17) is 4.74 Å². The van der Waals surface area contributed by atoms with E-state index >= 15 is 0 Å². The summed E-state index contributed by atoms with van der Waals surface area (Å²) < 4.78 is 6.86. The van der Waals surface area contributed by atoms with E-state index in [0.717, 1.165) is 24.8 Å². The number of hydrogen-bond acceptors (Lipinski definition) is 4. The first-order valence-corrected chi connectivity index (χ1v) is 8.06. The van der Waals surface area contributed by atoms with Gasteiger partial charge in [0.25, 0.3) is 0 Å². The fourth-order valence-corrected chi connectivity index (χ4v) is 2.92. The lowest BCUT2D eigenvalue weighted by molar-refractivity contribution is -0.140. The monoisotopic (exact) mass is 324 g/mol. The third-order valence-electron chi connectivity index (χ3n) is 4.18. The summed E-state index contributed by atoms with van der Waals surface area (Å²) in [6, 6.07) is 5.76. The standard InChI is InChI=1S/C19H20N2O3/c1-13(24-18(22)9-6-14-11-20-21(2)12-14)19(23)17-8-7-15-4-3-5-16(15)10-17/h6-13H,3-5H2,1-2H3/b9-6-/t13-/m1/s1. The third-order valence-corrected chi connectivity index (χ3v) is 4.18. The Labute approximate surface area is 140 Å². The van der Waals surface area contributed by atoms with E-state index in [9.17, 15) is 9.59 Å². The van der Waals surface area contributed by atoms with Crippen molar-refractivity contribution >= 4 is 17.8 Å². The van der Waals surface area contributed by atoms with Gasteiger partial charge in [0.1, 0.15) is 0 Å². The Morgan fingerprint density at radius 1 is 1.29 bits per heavy atom. The van der Waals surface area contributed by atoms with Crippen LogP contribution in [0, 0.1) is 0 Å². The molecule has 1 aromatic carbocycles. The molecule has 1 aliphatic rings. The number of Topliss-reactive ketones (excluding diaryl/α,β-unsaturated/α-hetero) is 1. The molecule has 124 valence electrons. The van der Waals surface area contributed by atoms with Crippen LogP contribution in [-0.4, -0.2) is 27.6 Å². The Bertz CT molecular complexity index is 805. The fraction of sp³-hybridized carbons (Fsp3) is 0.316. The van der Waals surface area contributed by atoms with Gasteiger partial charge in [-0.1, -0.05) is 12.1 Å². The SMILES string of the molecule is C[C@@H](OC(=O)/C=C\c1cnn(C)c1)C(=O)c1ccc2c(c1)CCC2. The van der Waals surface area contributed by atoms with E-state index in [0.29, 0.717) is 5.56 Å². The predicted molar refractivity (Wildman–Crippen MR) is 90.6 cm³/mol. The Kier molecular flexibility index (Phi) is 4.60. The first kappa shape index (κ1) is 16.2. The fourth-order valence-electron chi connectivity index (χ4n) is 2.92. The van der Waals surface area contributed by atoms with Gasteiger partial charge in [-0.2, -0.15) is 5.10 Å². The zero-order valence-corrected chi connectivity index (χ0v) is 13.9. The summed E-state index contributed by atoms with van der Waals surface area (Å²) in [7, 11) is 1.80. The van der Waals surface area contributed by atoms with Gasteiger partial charge in [0.05, 0.1) is 6.20 Å². The molecule has 2 aromatic rings. The summed E-state index contributed by atoms with van der Waals surface area (Å²) >= 11 is 0. The largest absolute Gasteiger partial charge is 0.451 e. The number of rotatable bonds is 5. The van der Waals surface area contributed by atoms with Crippen molar-refractivity contribution in [1.82, 2.24) is 9.78 Å². The zero-order chi connectivity index (χ0) is 17.1. The number of hydrogen-bond donors (Lipinski definition) is 0. The second-order valence-corrected chi connectivity index (χ2v) is 6.06. The van der Waals surface area contributed by atoms with Gasteiger partial charge in [0.15, 0.2) is 6.10 Å². The van der Waals surface area contributed by atoms with Crippen LogP contribution in [0.25, 0.3) is 6.08 Å². The number of ketones is 1. The topological polar surface area (TPSA) is 61.2 Å². The van der Waals surface area contributed by atoms with Gasteiger partial charge in [-0.15, -0.1) is 0 Å². The number of esters is 1. The van der Waals surface area contributed by atoms with Gasteiger partial charge in [-0.3, -0.25) is 9.48 Å². The van der Waals surface area contributed by atoms with Crippen LogP contribution in [0.2, 0.25) is 0 Å². The number of fused-ring (bicyclic) bond motifs is 1. The highest BCUT2D eigenvalue weighted by molar-refractivity contribution is 6.01. The maximum Gasteiger partial charge on any atom is 0.331 e. The summed E-state index contributed by atoms with van der Waals surface area (Å²) in [5.41, 5.74) is 3.95. The molecule has 0 fully saturated rings. The van der Waals surface area contributed by atoms with Crippen LogP contribution >= 0.6 is 0 Å². The molecule has 5 nitrogen and oxygen atoms in total. The van der Waals surface area contributed by atoms with Crippen LogP contribution in [0.5, 0.6) is 0 Å². The van der Waals surface area contributed by atoms with Crippen molar-refractivity contribution in [1.29, 1.82) is 0 Å². The van der Waals surface area contributed by atoms with Crippen molar-refractivity contribution < 1.29 is 14.3 Å². The highest BCUT2D eigenvalue weighted by Crippen LogP contribution is 2.23. The van der Waals surface area contributed by atoms with Crippen molar-refractivity contribution in [2.45, 2.75) is 32.3 Å². The number of ether oxygens (including phenoxy) is 1. The smallest absolute Gasteiger partial charge is 0.331 e. The van der Waals surface area contributed by atoms with Crippen molar-refractivity contribution in [3.63, 3.8) is 0 Å². The van der Waals surface area contributed by atoms with E-state index in [-0.39, 0.29) is 5.78 Å². The van der Waals surface area contributed by atoms with Crippen LogP contribution in [0.4, 0.5) is 0 Å². The number of nitrogens with zero attached hydrogens (tertiary/aromatic N) is 2.